The van der Waals surface area contributed by atoms with E-state index in [1.54, 1.807) is 0 Å². The molecular formula is C16H19Cl2NO. The van der Waals surface area contributed by atoms with Crippen LogP contribution in [0.15, 0.2) is 30.5 Å². The number of rotatable bonds is 7. The number of para-hydroxylation sites is 1. The summed E-state index contributed by atoms with van der Waals surface area (Å²) in [5.74, 6) is 0.233. The number of aromatic amines is 1. The smallest absolute Gasteiger partial charge is 0.120 e. The minimum absolute atomic E-state index is 0.0618. The Morgan fingerprint density at radius 2 is 2.00 bits per heavy atom. The maximum absolute atomic E-state index is 10.8. The fraction of sp³-hybridized carbons (Fsp3) is 0.438. The molecule has 0 fully saturated rings. The number of aldehydes is 1. The summed E-state index contributed by atoms with van der Waals surface area (Å²) in [4.78, 5) is 14.0. The number of carbonyl (C=O) groups excluding carboxylic acids is 1. The molecule has 1 heterocycles. The summed E-state index contributed by atoms with van der Waals surface area (Å²) >= 11 is 12.6. The molecule has 2 rings (SSSR count). The van der Waals surface area contributed by atoms with Gasteiger partial charge in [0.25, 0.3) is 0 Å². The van der Waals surface area contributed by atoms with E-state index in [1.807, 2.05) is 31.3 Å². The van der Waals surface area contributed by atoms with Crippen molar-refractivity contribution < 1.29 is 4.79 Å². The molecule has 0 aliphatic carbocycles. The van der Waals surface area contributed by atoms with Crippen molar-refractivity contribution in [1.82, 2.24) is 4.98 Å². The minimum atomic E-state index is -0.105. The Morgan fingerprint density at radius 3 is 2.70 bits per heavy atom. The third kappa shape index (κ3) is 3.77. The molecule has 2 aromatic rings. The molecule has 4 heteroatoms. The van der Waals surface area contributed by atoms with E-state index in [-0.39, 0.29) is 16.7 Å². The van der Waals surface area contributed by atoms with Crippen molar-refractivity contribution in [3.05, 3.63) is 36.0 Å². The van der Waals surface area contributed by atoms with E-state index in [0.29, 0.717) is 6.42 Å². The van der Waals surface area contributed by atoms with E-state index < -0.39 is 0 Å². The van der Waals surface area contributed by atoms with Crippen LogP contribution in [0, 0.1) is 5.92 Å². The van der Waals surface area contributed by atoms with Gasteiger partial charge in [0.1, 0.15) is 6.29 Å². The van der Waals surface area contributed by atoms with Crippen molar-refractivity contribution in [1.29, 1.82) is 0 Å². The summed E-state index contributed by atoms with van der Waals surface area (Å²) in [5.41, 5.74) is 2.19. The molecule has 0 spiro atoms. The van der Waals surface area contributed by atoms with Crippen molar-refractivity contribution in [3.8, 4) is 0 Å². The first-order valence-corrected chi connectivity index (χ1v) is 7.77. The number of H-pyrrole nitrogens is 1. The van der Waals surface area contributed by atoms with E-state index in [0.717, 1.165) is 35.6 Å². The predicted octanol–water partition coefficient (Wildman–Crippen LogP) is 5.06. The van der Waals surface area contributed by atoms with Crippen LogP contribution in [0.5, 0.6) is 0 Å². The highest BCUT2D eigenvalue weighted by Crippen LogP contribution is 2.35. The molecule has 1 N–H and O–H groups in total. The molecular weight excluding hydrogens is 293 g/mol. The first-order chi connectivity index (χ1) is 9.61. The molecule has 1 aromatic heterocycles. The van der Waals surface area contributed by atoms with Crippen LogP contribution < -0.4 is 0 Å². The molecule has 108 valence electrons. The lowest BCUT2D eigenvalue weighted by molar-refractivity contribution is -0.108. The Balaban J connectivity index is 2.13. The number of halogens is 2. The number of hydrogen-bond acceptors (Lipinski definition) is 1. The lowest BCUT2D eigenvalue weighted by Gasteiger charge is -2.18. The van der Waals surface area contributed by atoms with Gasteiger partial charge in [0.05, 0.1) is 5.38 Å². The van der Waals surface area contributed by atoms with Crippen LogP contribution in [0.2, 0.25) is 0 Å². The van der Waals surface area contributed by atoms with Crippen molar-refractivity contribution in [2.24, 2.45) is 5.92 Å². The highest BCUT2D eigenvalue weighted by Gasteiger charge is 2.20. The van der Waals surface area contributed by atoms with E-state index >= 15 is 0 Å². The molecule has 0 radical (unpaired) electrons. The second kappa shape index (κ2) is 7.14. The first kappa shape index (κ1) is 15.4. The fourth-order valence-corrected chi connectivity index (χ4v) is 3.34. The van der Waals surface area contributed by atoms with Crippen molar-refractivity contribution in [2.75, 3.05) is 0 Å². The SMILES string of the molecule is CC(Cl)CC(CC=O)CC(Cl)c1c[nH]c2ccccc12. The Morgan fingerprint density at radius 1 is 1.25 bits per heavy atom. The average Bonchev–Trinajstić information content (AvgIpc) is 2.82. The molecule has 2 nitrogen and oxygen atoms in total. The van der Waals surface area contributed by atoms with Gasteiger partial charge in [-0.25, -0.2) is 0 Å². The number of nitrogens with one attached hydrogen (secondary N) is 1. The number of benzene rings is 1. The minimum Gasteiger partial charge on any atom is -0.361 e. The largest absolute Gasteiger partial charge is 0.361 e. The van der Waals surface area contributed by atoms with Gasteiger partial charge in [-0.15, -0.1) is 23.2 Å². The van der Waals surface area contributed by atoms with Gasteiger partial charge < -0.3 is 9.78 Å². The molecule has 1 aromatic carbocycles. The van der Waals surface area contributed by atoms with Crippen LogP contribution in [0.1, 0.15) is 37.1 Å². The van der Waals surface area contributed by atoms with Crippen LogP contribution >= 0.6 is 23.2 Å². The highest BCUT2D eigenvalue weighted by molar-refractivity contribution is 6.22. The topological polar surface area (TPSA) is 32.9 Å². The second-order valence-corrected chi connectivity index (χ2v) is 6.55. The normalized spacial score (nSPS) is 15.9. The summed E-state index contributed by atoms with van der Waals surface area (Å²) in [7, 11) is 0. The molecule has 3 unspecified atom stereocenters. The van der Waals surface area contributed by atoms with E-state index in [4.69, 9.17) is 23.2 Å². The molecule has 3 atom stereocenters. The maximum atomic E-state index is 10.8. The Labute approximate surface area is 129 Å². The number of fused-ring (bicyclic) bond motifs is 1. The van der Waals surface area contributed by atoms with Crippen LogP contribution in [0.3, 0.4) is 0 Å². The second-order valence-electron chi connectivity index (χ2n) is 5.28. The van der Waals surface area contributed by atoms with Crippen LogP contribution in [0.25, 0.3) is 10.9 Å². The van der Waals surface area contributed by atoms with Crippen molar-refractivity contribution in [2.45, 2.75) is 36.9 Å². The predicted molar refractivity (Wildman–Crippen MR) is 85.6 cm³/mol. The van der Waals surface area contributed by atoms with Crippen LogP contribution in [0.4, 0.5) is 0 Å². The molecule has 0 amide bonds. The Bertz CT molecular complexity index is 564. The Kier molecular flexibility index (Phi) is 5.50. The molecule has 0 aliphatic heterocycles. The third-order valence-corrected chi connectivity index (χ3v) is 4.18. The standard InChI is InChI=1S/C16H19Cl2NO/c1-11(17)8-12(6-7-20)9-15(18)14-10-19-16-5-3-2-4-13(14)16/h2-5,7,10-12,15,19H,6,8-9H2,1H3. The van der Waals surface area contributed by atoms with E-state index in [2.05, 4.69) is 11.1 Å². The lowest BCUT2D eigenvalue weighted by atomic mass is 9.92. The van der Waals surface area contributed by atoms with Crippen LogP contribution in [-0.2, 0) is 4.79 Å². The molecule has 0 saturated heterocycles. The van der Waals surface area contributed by atoms with Gasteiger partial charge in [0.15, 0.2) is 0 Å². The maximum Gasteiger partial charge on any atom is 0.120 e. The van der Waals surface area contributed by atoms with E-state index in [9.17, 15) is 4.79 Å². The van der Waals surface area contributed by atoms with Gasteiger partial charge >= 0.3 is 0 Å². The van der Waals surface area contributed by atoms with Crippen molar-refractivity contribution in [3.63, 3.8) is 0 Å². The van der Waals surface area contributed by atoms with Gasteiger partial charge in [-0.2, -0.15) is 0 Å². The number of alkyl halides is 2. The summed E-state index contributed by atoms with van der Waals surface area (Å²) in [6.07, 6.45) is 5.01. The quantitative estimate of drug-likeness (QED) is 0.562. The molecule has 0 bridgehead atoms. The zero-order chi connectivity index (χ0) is 14.5. The summed E-state index contributed by atoms with van der Waals surface area (Å²) in [5, 5.41) is 1.11. The summed E-state index contributed by atoms with van der Waals surface area (Å²) in [6.45, 7) is 1.95. The highest BCUT2D eigenvalue weighted by atomic mass is 35.5. The molecule has 0 saturated carbocycles. The van der Waals surface area contributed by atoms with Gasteiger partial charge in [-0.3, -0.25) is 0 Å². The van der Waals surface area contributed by atoms with E-state index in [1.165, 1.54) is 0 Å². The summed E-state index contributed by atoms with van der Waals surface area (Å²) < 4.78 is 0. The number of aromatic nitrogens is 1. The Hall–Kier alpha value is -0.990. The van der Waals surface area contributed by atoms with Gasteiger partial charge in [0, 0.05) is 28.9 Å². The van der Waals surface area contributed by atoms with Gasteiger partial charge in [-0.1, -0.05) is 18.2 Å². The zero-order valence-corrected chi connectivity index (χ0v) is 13.0. The van der Waals surface area contributed by atoms with Crippen LogP contribution in [-0.4, -0.2) is 16.6 Å². The number of carbonyl (C=O) groups is 1. The lowest BCUT2D eigenvalue weighted by Crippen LogP contribution is -2.09. The third-order valence-electron chi connectivity index (χ3n) is 3.59. The summed E-state index contributed by atoms with van der Waals surface area (Å²) in [6, 6.07) is 8.10. The van der Waals surface area contributed by atoms with Crippen molar-refractivity contribution >= 4 is 40.4 Å². The molecule has 0 aliphatic rings. The van der Waals surface area contributed by atoms with Gasteiger partial charge in [0.2, 0.25) is 0 Å². The first-order valence-electron chi connectivity index (χ1n) is 6.89. The molecule has 20 heavy (non-hydrogen) atoms. The average molecular weight is 312 g/mol. The fourth-order valence-electron chi connectivity index (χ4n) is 2.66. The number of hydrogen-bond donors (Lipinski definition) is 1. The van der Waals surface area contributed by atoms with Gasteiger partial charge in [-0.05, 0) is 37.3 Å². The monoisotopic (exact) mass is 311 g/mol. The zero-order valence-electron chi connectivity index (χ0n) is 11.5.